The number of benzene rings is 1. The van der Waals surface area contributed by atoms with Gasteiger partial charge in [-0.15, -0.1) is 0 Å². The number of hydrogen-bond acceptors (Lipinski definition) is 4. The first-order valence-electron chi connectivity index (χ1n) is 5.97. The molecule has 3 aromatic rings. The number of halogens is 3. The van der Waals surface area contributed by atoms with Gasteiger partial charge in [-0.05, 0) is 28.1 Å². The number of nitrogens with zero attached hydrogens (tertiary/aromatic N) is 2. The van der Waals surface area contributed by atoms with Crippen LogP contribution in [0.15, 0.2) is 41.0 Å². The Kier molecular flexibility index (Phi) is 3.42. The summed E-state index contributed by atoms with van der Waals surface area (Å²) in [5, 5.41) is 3.66. The van der Waals surface area contributed by atoms with E-state index < -0.39 is 11.6 Å². The third-order valence-corrected chi connectivity index (χ3v) is 3.32. The first-order valence-corrected chi connectivity index (χ1v) is 6.77. The van der Waals surface area contributed by atoms with E-state index >= 15 is 0 Å². The Morgan fingerprint density at radius 3 is 2.76 bits per heavy atom. The van der Waals surface area contributed by atoms with Crippen molar-refractivity contribution in [3.05, 3.63) is 52.6 Å². The van der Waals surface area contributed by atoms with Crippen LogP contribution in [0.4, 0.5) is 26.1 Å². The summed E-state index contributed by atoms with van der Waals surface area (Å²) in [7, 11) is 0. The van der Waals surface area contributed by atoms with Gasteiger partial charge in [-0.25, -0.2) is 13.8 Å². The quantitative estimate of drug-likeness (QED) is 0.733. The summed E-state index contributed by atoms with van der Waals surface area (Å²) in [4.78, 5) is 7.95. The van der Waals surface area contributed by atoms with Crippen molar-refractivity contribution in [1.29, 1.82) is 0 Å². The fraction of sp³-hybridized carbons (Fsp3) is 0. The van der Waals surface area contributed by atoms with Crippen LogP contribution in [0.1, 0.15) is 0 Å². The summed E-state index contributed by atoms with van der Waals surface area (Å²) in [5.74, 6) is -2.23. The Morgan fingerprint density at radius 2 is 1.95 bits per heavy atom. The normalized spacial score (nSPS) is 10.8. The second-order valence-electron chi connectivity index (χ2n) is 4.34. The van der Waals surface area contributed by atoms with E-state index in [0.717, 1.165) is 9.86 Å². The van der Waals surface area contributed by atoms with Crippen LogP contribution in [0.25, 0.3) is 10.9 Å². The molecule has 0 saturated heterocycles. The van der Waals surface area contributed by atoms with E-state index in [0.29, 0.717) is 17.3 Å². The Balaban J connectivity index is 2.08. The van der Waals surface area contributed by atoms with Crippen LogP contribution in [0.3, 0.4) is 0 Å². The zero-order chi connectivity index (χ0) is 15.0. The summed E-state index contributed by atoms with van der Waals surface area (Å²) in [6.45, 7) is 0. The van der Waals surface area contributed by atoms with Gasteiger partial charge in [-0.2, -0.15) is 0 Å². The molecule has 2 heterocycles. The van der Waals surface area contributed by atoms with Gasteiger partial charge in [0.1, 0.15) is 0 Å². The summed E-state index contributed by atoms with van der Waals surface area (Å²) in [5.41, 5.74) is 6.56. The van der Waals surface area contributed by atoms with Crippen molar-refractivity contribution in [3.63, 3.8) is 0 Å². The maximum Gasteiger partial charge on any atom is 0.169 e. The highest BCUT2D eigenvalue weighted by Crippen LogP contribution is 2.27. The van der Waals surface area contributed by atoms with Crippen LogP contribution in [0.5, 0.6) is 0 Å². The van der Waals surface area contributed by atoms with E-state index in [4.69, 9.17) is 5.73 Å². The molecular weight excluding hydrogens is 342 g/mol. The van der Waals surface area contributed by atoms with Gasteiger partial charge in [-0.1, -0.05) is 12.1 Å². The van der Waals surface area contributed by atoms with E-state index in [2.05, 4.69) is 31.2 Å². The number of hydrogen-bond donors (Lipinski definition) is 2. The van der Waals surface area contributed by atoms with E-state index in [9.17, 15) is 8.78 Å². The number of nitrogens with one attached hydrogen (secondary N) is 1. The average molecular weight is 351 g/mol. The number of anilines is 3. The molecule has 3 rings (SSSR count). The molecule has 0 saturated carbocycles. The number of rotatable bonds is 2. The number of para-hydroxylation sites is 1. The van der Waals surface area contributed by atoms with Crippen molar-refractivity contribution in [1.82, 2.24) is 9.97 Å². The van der Waals surface area contributed by atoms with Gasteiger partial charge < -0.3 is 11.1 Å². The lowest BCUT2D eigenvalue weighted by atomic mass is 10.2. The van der Waals surface area contributed by atoms with Crippen LogP contribution in [0, 0.1) is 11.6 Å². The molecule has 0 aliphatic heterocycles. The van der Waals surface area contributed by atoms with Crippen LogP contribution >= 0.6 is 15.9 Å². The third-order valence-electron chi connectivity index (χ3n) is 2.89. The molecule has 0 atom stereocenters. The highest BCUT2D eigenvalue weighted by molar-refractivity contribution is 9.10. The molecule has 0 radical (unpaired) electrons. The Bertz CT molecular complexity index is 839. The van der Waals surface area contributed by atoms with Crippen molar-refractivity contribution in [3.8, 4) is 0 Å². The molecule has 0 aliphatic rings. The Labute approximate surface area is 127 Å². The minimum atomic E-state index is -0.891. The molecular formula is C14H9BrF2N4. The van der Waals surface area contributed by atoms with E-state index in [-0.39, 0.29) is 11.6 Å². The maximum absolute atomic E-state index is 13.7. The van der Waals surface area contributed by atoms with Gasteiger partial charge in [0, 0.05) is 22.1 Å². The molecule has 7 heteroatoms. The highest BCUT2D eigenvalue weighted by Gasteiger charge is 2.11. The smallest absolute Gasteiger partial charge is 0.169 e. The fourth-order valence-electron chi connectivity index (χ4n) is 1.93. The molecule has 1 aromatic carbocycles. The summed E-state index contributed by atoms with van der Waals surface area (Å²) in [6, 6.07) is 7.98. The number of aromatic nitrogens is 2. The highest BCUT2D eigenvalue weighted by atomic mass is 79.9. The standard InChI is InChI=1S/C14H9BrF2N4/c15-8-4-7-2-1-3-11(12(7)19-6-8)20-14-10(17)5-9(16)13(18)21-14/h1-6H,(H3,18,20,21). The largest absolute Gasteiger partial charge is 0.381 e. The van der Waals surface area contributed by atoms with Crippen LogP contribution in [-0.2, 0) is 0 Å². The minimum Gasteiger partial charge on any atom is -0.381 e. The zero-order valence-electron chi connectivity index (χ0n) is 10.6. The minimum absolute atomic E-state index is 0.147. The molecule has 0 aliphatic carbocycles. The van der Waals surface area contributed by atoms with Gasteiger partial charge >= 0.3 is 0 Å². The number of nitrogens with two attached hydrogens (primary N) is 1. The van der Waals surface area contributed by atoms with E-state index in [1.54, 1.807) is 18.3 Å². The lowest BCUT2D eigenvalue weighted by molar-refractivity contribution is 0.581. The van der Waals surface area contributed by atoms with E-state index in [1.807, 2.05) is 12.1 Å². The van der Waals surface area contributed by atoms with Crippen molar-refractivity contribution < 1.29 is 8.78 Å². The van der Waals surface area contributed by atoms with Crippen LogP contribution in [0.2, 0.25) is 0 Å². The predicted octanol–water partition coefficient (Wildman–Crippen LogP) is 4.00. The van der Waals surface area contributed by atoms with Gasteiger partial charge in [0.15, 0.2) is 23.3 Å². The molecule has 0 amide bonds. The predicted molar refractivity (Wildman–Crippen MR) is 81.3 cm³/mol. The molecule has 0 spiro atoms. The average Bonchev–Trinajstić information content (AvgIpc) is 2.44. The SMILES string of the molecule is Nc1nc(Nc2cccc3cc(Br)cnc23)c(F)cc1F. The monoisotopic (exact) mass is 350 g/mol. The van der Waals surface area contributed by atoms with Crippen molar-refractivity contribution >= 4 is 44.2 Å². The van der Waals surface area contributed by atoms with Crippen LogP contribution in [-0.4, -0.2) is 9.97 Å². The second-order valence-corrected chi connectivity index (χ2v) is 5.26. The summed E-state index contributed by atoms with van der Waals surface area (Å²) >= 11 is 3.34. The van der Waals surface area contributed by atoms with Gasteiger partial charge in [0.05, 0.1) is 11.2 Å². The summed E-state index contributed by atoms with van der Waals surface area (Å²) in [6.07, 6.45) is 1.64. The van der Waals surface area contributed by atoms with E-state index in [1.165, 1.54) is 0 Å². The summed E-state index contributed by atoms with van der Waals surface area (Å²) < 4.78 is 27.7. The fourth-order valence-corrected chi connectivity index (χ4v) is 2.28. The van der Waals surface area contributed by atoms with Crippen LogP contribution < -0.4 is 11.1 Å². The number of fused-ring (bicyclic) bond motifs is 1. The zero-order valence-corrected chi connectivity index (χ0v) is 12.2. The Hall–Kier alpha value is -2.28. The first-order chi connectivity index (χ1) is 10.0. The van der Waals surface area contributed by atoms with Gasteiger partial charge in [0.25, 0.3) is 0 Å². The lowest BCUT2D eigenvalue weighted by Crippen LogP contribution is -2.03. The third kappa shape index (κ3) is 2.64. The second kappa shape index (κ2) is 5.25. The molecule has 21 heavy (non-hydrogen) atoms. The molecule has 4 nitrogen and oxygen atoms in total. The lowest BCUT2D eigenvalue weighted by Gasteiger charge is -2.10. The molecule has 0 unspecified atom stereocenters. The maximum atomic E-state index is 13.7. The van der Waals surface area contributed by atoms with Crippen molar-refractivity contribution in [2.75, 3.05) is 11.1 Å². The van der Waals surface area contributed by atoms with Gasteiger partial charge in [-0.3, -0.25) is 4.98 Å². The van der Waals surface area contributed by atoms with Crippen molar-refractivity contribution in [2.45, 2.75) is 0 Å². The Morgan fingerprint density at radius 1 is 1.14 bits per heavy atom. The van der Waals surface area contributed by atoms with Crippen molar-refractivity contribution in [2.24, 2.45) is 0 Å². The molecule has 0 fully saturated rings. The molecule has 2 aromatic heterocycles. The molecule has 106 valence electrons. The molecule has 3 N–H and O–H groups in total. The first kappa shape index (κ1) is 13.7. The number of pyridine rings is 2. The topological polar surface area (TPSA) is 63.8 Å². The molecule has 0 bridgehead atoms. The van der Waals surface area contributed by atoms with Gasteiger partial charge in [0.2, 0.25) is 0 Å². The number of nitrogen functional groups attached to an aromatic ring is 1.